The number of carboxylic acids is 1. The molecule has 1 amide bonds. The molecule has 0 aliphatic rings. The molecular weight excluding hydrogens is 256 g/mol. The summed E-state index contributed by atoms with van der Waals surface area (Å²) in [6.07, 6.45) is 0. The van der Waals surface area contributed by atoms with Crippen LogP contribution >= 0.6 is 0 Å². The molecule has 0 atom stereocenters. The molecule has 0 aliphatic heterocycles. The first-order valence-corrected chi connectivity index (χ1v) is 6.04. The first-order valence-electron chi connectivity index (χ1n) is 6.04. The molecule has 20 heavy (non-hydrogen) atoms. The summed E-state index contributed by atoms with van der Waals surface area (Å²) in [5.74, 6) is -1.43. The van der Waals surface area contributed by atoms with Crippen molar-refractivity contribution in [3.63, 3.8) is 0 Å². The van der Waals surface area contributed by atoms with Crippen molar-refractivity contribution < 1.29 is 14.7 Å². The lowest BCUT2D eigenvalue weighted by molar-refractivity contribution is 0.0696. The number of anilines is 1. The Hall–Kier alpha value is -2.82. The summed E-state index contributed by atoms with van der Waals surface area (Å²) < 4.78 is 0. The summed E-state index contributed by atoms with van der Waals surface area (Å²) >= 11 is 0. The zero-order chi connectivity index (χ0) is 14.5. The van der Waals surface area contributed by atoms with Crippen molar-refractivity contribution in [1.82, 2.24) is 5.43 Å². The molecule has 0 saturated carbocycles. The lowest BCUT2D eigenvalue weighted by Crippen LogP contribution is -2.30. The quantitative estimate of drug-likeness (QED) is 0.746. The van der Waals surface area contributed by atoms with E-state index in [1.807, 2.05) is 18.2 Å². The van der Waals surface area contributed by atoms with Crippen LogP contribution in [0.25, 0.3) is 0 Å². The van der Waals surface area contributed by atoms with Gasteiger partial charge in [-0.1, -0.05) is 24.3 Å². The Labute approximate surface area is 116 Å². The number of hydrazine groups is 1. The molecule has 2 rings (SSSR count). The largest absolute Gasteiger partial charge is 0.478 e. The number of carbonyl (C=O) groups excluding carboxylic acids is 1. The molecule has 0 unspecified atom stereocenters. The van der Waals surface area contributed by atoms with Gasteiger partial charge in [-0.15, -0.1) is 0 Å². The van der Waals surface area contributed by atoms with Crippen LogP contribution in [-0.4, -0.2) is 17.0 Å². The van der Waals surface area contributed by atoms with Gasteiger partial charge in [0.15, 0.2) is 0 Å². The Morgan fingerprint density at radius 1 is 0.950 bits per heavy atom. The molecule has 2 aromatic carbocycles. The predicted molar refractivity (Wildman–Crippen MR) is 75.7 cm³/mol. The van der Waals surface area contributed by atoms with Crippen molar-refractivity contribution in [2.75, 3.05) is 5.43 Å². The molecule has 0 aliphatic carbocycles. The number of nitrogens with one attached hydrogen (secondary N) is 2. The number of carboxylic acid groups (broad SMARTS) is 1. The average Bonchev–Trinajstić information content (AvgIpc) is 2.46. The maximum absolute atomic E-state index is 12.0. The molecule has 0 aromatic heterocycles. The third-order valence-electron chi connectivity index (χ3n) is 2.90. The van der Waals surface area contributed by atoms with Crippen molar-refractivity contribution in [2.45, 2.75) is 6.92 Å². The third kappa shape index (κ3) is 2.95. The lowest BCUT2D eigenvalue weighted by atomic mass is 10.0. The molecular formula is C15H14N2O3. The minimum absolute atomic E-state index is 0.123. The molecule has 0 saturated heterocycles. The highest BCUT2D eigenvalue weighted by atomic mass is 16.4. The lowest BCUT2D eigenvalue weighted by Gasteiger charge is -2.11. The summed E-state index contributed by atoms with van der Waals surface area (Å²) in [5.41, 5.74) is 6.94. The van der Waals surface area contributed by atoms with E-state index in [2.05, 4.69) is 10.9 Å². The van der Waals surface area contributed by atoms with E-state index in [0.29, 0.717) is 11.1 Å². The molecule has 0 radical (unpaired) electrons. The molecule has 0 heterocycles. The summed E-state index contributed by atoms with van der Waals surface area (Å²) in [5, 5.41) is 9.03. The van der Waals surface area contributed by atoms with Gasteiger partial charge in [0, 0.05) is 5.56 Å². The van der Waals surface area contributed by atoms with Crippen molar-refractivity contribution in [1.29, 1.82) is 0 Å². The van der Waals surface area contributed by atoms with Crippen LogP contribution in [-0.2, 0) is 0 Å². The Balaban J connectivity index is 2.14. The van der Waals surface area contributed by atoms with Crippen LogP contribution in [0.1, 0.15) is 26.3 Å². The van der Waals surface area contributed by atoms with Crippen molar-refractivity contribution in [3.8, 4) is 0 Å². The van der Waals surface area contributed by atoms with Crippen LogP contribution in [0.2, 0.25) is 0 Å². The molecule has 3 N–H and O–H groups in total. The molecule has 5 nitrogen and oxygen atoms in total. The zero-order valence-corrected chi connectivity index (χ0v) is 10.9. The monoisotopic (exact) mass is 270 g/mol. The van der Waals surface area contributed by atoms with E-state index in [-0.39, 0.29) is 11.5 Å². The Kier molecular flexibility index (Phi) is 4.00. The highest BCUT2D eigenvalue weighted by Crippen LogP contribution is 2.14. The third-order valence-corrected chi connectivity index (χ3v) is 2.90. The van der Waals surface area contributed by atoms with Crippen molar-refractivity contribution in [2.24, 2.45) is 0 Å². The molecule has 0 fully saturated rings. The first-order chi connectivity index (χ1) is 9.59. The first kappa shape index (κ1) is 13.6. The standard InChI is InChI=1S/C15H14N2O3/c1-10-12(8-5-9-13(10)15(19)20)14(18)17-16-11-6-3-2-4-7-11/h2-9,16H,1H3,(H,17,18)(H,19,20). The van der Waals surface area contributed by atoms with E-state index in [1.165, 1.54) is 6.07 Å². The number of hydrogen-bond acceptors (Lipinski definition) is 3. The number of amides is 1. The molecule has 102 valence electrons. The maximum atomic E-state index is 12.0. The number of rotatable bonds is 4. The fourth-order valence-corrected chi connectivity index (χ4v) is 1.83. The fraction of sp³-hybridized carbons (Fsp3) is 0.0667. The number of aromatic carboxylic acids is 1. The van der Waals surface area contributed by atoms with E-state index in [1.54, 1.807) is 31.2 Å². The van der Waals surface area contributed by atoms with Gasteiger partial charge in [-0.3, -0.25) is 15.6 Å². The van der Waals surface area contributed by atoms with Gasteiger partial charge in [0.05, 0.1) is 11.3 Å². The van der Waals surface area contributed by atoms with Crippen LogP contribution in [0.5, 0.6) is 0 Å². The van der Waals surface area contributed by atoms with Crippen molar-refractivity contribution >= 4 is 17.6 Å². The smallest absolute Gasteiger partial charge is 0.335 e. The number of hydrogen-bond donors (Lipinski definition) is 3. The Bertz CT molecular complexity index is 639. The highest BCUT2D eigenvalue weighted by Gasteiger charge is 2.14. The van der Waals surface area contributed by atoms with Crippen LogP contribution in [0.3, 0.4) is 0 Å². The molecule has 0 bridgehead atoms. The van der Waals surface area contributed by atoms with Gasteiger partial charge < -0.3 is 5.11 Å². The van der Waals surface area contributed by atoms with Gasteiger partial charge in [0.25, 0.3) is 5.91 Å². The summed E-state index contributed by atoms with van der Waals surface area (Å²) in [6, 6.07) is 13.8. The van der Waals surface area contributed by atoms with E-state index in [9.17, 15) is 9.59 Å². The zero-order valence-electron chi connectivity index (χ0n) is 10.9. The second-order valence-electron chi connectivity index (χ2n) is 4.23. The minimum atomic E-state index is -1.05. The summed E-state index contributed by atoms with van der Waals surface area (Å²) in [7, 11) is 0. The van der Waals surface area contributed by atoms with Gasteiger partial charge in [0.1, 0.15) is 0 Å². The minimum Gasteiger partial charge on any atom is -0.478 e. The summed E-state index contributed by atoms with van der Waals surface area (Å²) in [6.45, 7) is 1.61. The van der Waals surface area contributed by atoms with E-state index in [4.69, 9.17) is 5.11 Å². The maximum Gasteiger partial charge on any atom is 0.335 e. The fourth-order valence-electron chi connectivity index (χ4n) is 1.83. The van der Waals surface area contributed by atoms with E-state index in [0.717, 1.165) is 5.69 Å². The molecule has 5 heteroatoms. The van der Waals surface area contributed by atoms with Gasteiger partial charge in [-0.2, -0.15) is 0 Å². The summed E-state index contributed by atoms with van der Waals surface area (Å²) in [4.78, 5) is 23.1. The SMILES string of the molecule is Cc1c(C(=O)O)cccc1C(=O)NNc1ccccc1. The van der Waals surface area contributed by atoms with Crippen LogP contribution in [0.15, 0.2) is 48.5 Å². The predicted octanol–water partition coefficient (Wildman–Crippen LogP) is 2.45. The van der Waals surface area contributed by atoms with Crippen LogP contribution < -0.4 is 10.9 Å². The van der Waals surface area contributed by atoms with Crippen LogP contribution in [0.4, 0.5) is 5.69 Å². The highest BCUT2D eigenvalue weighted by molar-refractivity contribution is 6.00. The molecule has 0 spiro atoms. The second kappa shape index (κ2) is 5.88. The number of carbonyl (C=O) groups is 2. The normalized spacial score (nSPS) is 9.85. The average molecular weight is 270 g/mol. The van der Waals surface area contributed by atoms with Gasteiger partial charge in [-0.05, 0) is 36.8 Å². The topological polar surface area (TPSA) is 78.4 Å². The van der Waals surface area contributed by atoms with Gasteiger partial charge in [0.2, 0.25) is 0 Å². The van der Waals surface area contributed by atoms with E-state index < -0.39 is 5.97 Å². The number of para-hydroxylation sites is 1. The van der Waals surface area contributed by atoms with Gasteiger partial charge in [-0.25, -0.2) is 4.79 Å². The van der Waals surface area contributed by atoms with Crippen molar-refractivity contribution in [3.05, 3.63) is 65.2 Å². The second-order valence-corrected chi connectivity index (χ2v) is 4.23. The Morgan fingerprint density at radius 2 is 1.60 bits per heavy atom. The molecule has 2 aromatic rings. The Morgan fingerprint density at radius 3 is 2.25 bits per heavy atom. The van der Waals surface area contributed by atoms with Crippen LogP contribution in [0, 0.1) is 6.92 Å². The van der Waals surface area contributed by atoms with E-state index >= 15 is 0 Å². The van der Waals surface area contributed by atoms with Gasteiger partial charge >= 0.3 is 5.97 Å². The number of benzene rings is 2.